The summed E-state index contributed by atoms with van der Waals surface area (Å²) in [7, 11) is -3.66. The lowest BCUT2D eigenvalue weighted by Crippen LogP contribution is -2.41. The smallest absolute Gasteiger partial charge is 0.243 e. The Morgan fingerprint density at radius 3 is 2.47 bits per heavy atom. The van der Waals surface area contributed by atoms with Crippen molar-refractivity contribution in [3.8, 4) is 0 Å². The third-order valence-electron chi connectivity index (χ3n) is 3.27. The van der Waals surface area contributed by atoms with E-state index in [1.807, 2.05) is 0 Å². The number of rotatable bonds is 2. The molecule has 1 heterocycles. The molecule has 1 fully saturated rings. The molecule has 0 aliphatic carbocycles. The number of aryl methyl sites for hydroxylation is 1. The Labute approximate surface area is 112 Å². The number of hydrogen-bond donors (Lipinski definition) is 1. The molecule has 5 nitrogen and oxygen atoms in total. The van der Waals surface area contributed by atoms with Crippen LogP contribution in [0.4, 0.5) is 10.1 Å². The minimum Gasteiger partial charge on any atom is -0.396 e. The summed E-state index contributed by atoms with van der Waals surface area (Å²) in [6.45, 7) is 4.45. The molecular weight excluding hydrogens is 271 g/mol. The first-order chi connectivity index (χ1) is 8.85. The van der Waals surface area contributed by atoms with E-state index in [4.69, 9.17) is 10.5 Å². The molecule has 1 aromatic carbocycles. The number of benzene rings is 1. The summed E-state index contributed by atoms with van der Waals surface area (Å²) in [5, 5.41) is 0. The van der Waals surface area contributed by atoms with Gasteiger partial charge >= 0.3 is 0 Å². The Bertz CT molecular complexity index is 595. The standard InChI is InChI=1S/C12H17FN2O3S/c1-8-7-10(13)11(14)9(2)12(8)19(16,17)15-3-5-18-6-4-15/h7H,3-6,14H2,1-2H3. The third-order valence-corrected chi connectivity index (χ3v) is 5.46. The molecule has 0 atom stereocenters. The molecule has 0 spiro atoms. The van der Waals surface area contributed by atoms with E-state index in [0.29, 0.717) is 31.9 Å². The number of nitrogens with zero attached hydrogens (tertiary/aromatic N) is 1. The van der Waals surface area contributed by atoms with Crippen molar-refractivity contribution in [2.24, 2.45) is 0 Å². The van der Waals surface area contributed by atoms with Gasteiger partial charge in [-0.2, -0.15) is 4.31 Å². The number of hydrogen-bond acceptors (Lipinski definition) is 4. The summed E-state index contributed by atoms with van der Waals surface area (Å²) in [6.07, 6.45) is 0. The second-order valence-electron chi connectivity index (χ2n) is 4.56. The third kappa shape index (κ3) is 2.45. The number of nitrogen functional groups attached to an aromatic ring is 1. The first-order valence-corrected chi connectivity index (χ1v) is 7.42. The van der Waals surface area contributed by atoms with Gasteiger partial charge < -0.3 is 10.5 Å². The number of nitrogens with two attached hydrogens (primary N) is 1. The first kappa shape index (κ1) is 14.2. The fourth-order valence-corrected chi connectivity index (χ4v) is 4.09. The summed E-state index contributed by atoms with van der Waals surface area (Å²) in [4.78, 5) is 0.105. The summed E-state index contributed by atoms with van der Waals surface area (Å²) in [6, 6.07) is 1.16. The number of morpholine rings is 1. The second kappa shape index (κ2) is 5.07. The van der Waals surface area contributed by atoms with Gasteiger partial charge in [0, 0.05) is 13.1 Å². The van der Waals surface area contributed by atoms with E-state index < -0.39 is 15.8 Å². The monoisotopic (exact) mass is 288 g/mol. The average molecular weight is 288 g/mol. The highest BCUT2D eigenvalue weighted by atomic mass is 32.2. The van der Waals surface area contributed by atoms with E-state index in [0.717, 1.165) is 6.07 Å². The topological polar surface area (TPSA) is 72.6 Å². The van der Waals surface area contributed by atoms with Gasteiger partial charge in [0.05, 0.1) is 23.8 Å². The molecule has 1 saturated heterocycles. The maximum atomic E-state index is 13.5. The molecule has 19 heavy (non-hydrogen) atoms. The van der Waals surface area contributed by atoms with Crippen LogP contribution in [0.2, 0.25) is 0 Å². The summed E-state index contributed by atoms with van der Waals surface area (Å²) < 4.78 is 45.2. The van der Waals surface area contributed by atoms with Crippen molar-refractivity contribution in [2.45, 2.75) is 18.7 Å². The molecule has 0 unspecified atom stereocenters. The molecule has 1 aliphatic heterocycles. The van der Waals surface area contributed by atoms with Crippen LogP contribution in [0, 0.1) is 19.7 Å². The van der Waals surface area contributed by atoms with Crippen LogP contribution < -0.4 is 5.73 Å². The van der Waals surface area contributed by atoms with E-state index in [2.05, 4.69) is 0 Å². The number of ether oxygens (including phenoxy) is 1. The SMILES string of the molecule is Cc1cc(F)c(N)c(C)c1S(=O)(=O)N1CCOCC1. The van der Waals surface area contributed by atoms with Crippen molar-refractivity contribution in [2.75, 3.05) is 32.0 Å². The van der Waals surface area contributed by atoms with Gasteiger partial charge in [-0.1, -0.05) is 0 Å². The zero-order chi connectivity index (χ0) is 14.2. The molecule has 2 rings (SSSR count). The molecule has 7 heteroatoms. The predicted octanol–water partition coefficient (Wildman–Crippen LogP) is 1.05. The minimum absolute atomic E-state index is 0.105. The van der Waals surface area contributed by atoms with Crippen LogP contribution in [0.15, 0.2) is 11.0 Å². The average Bonchev–Trinajstić information content (AvgIpc) is 2.37. The molecule has 0 amide bonds. The van der Waals surface area contributed by atoms with Crippen molar-refractivity contribution in [3.05, 3.63) is 23.0 Å². The zero-order valence-corrected chi connectivity index (χ0v) is 11.8. The molecule has 1 aliphatic rings. The maximum absolute atomic E-state index is 13.5. The Hall–Kier alpha value is -1.18. The highest BCUT2D eigenvalue weighted by Gasteiger charge is 2.30. The van der Waals surface area contributed by atoms with Gasteiger partial charge in [-0.3, -0.25) is 0 Å². The quantitative estimate of drug-likeness (QED) is 0.826. The summed E-state index contributed by atoms with van der Waals surface area (Å²) >= 11 is 0. The lowest BCUT2D eigenvalue weighted by Gasteiger charge is -2.27. The first-order valence-electron chi connectivity index (χ1n) is 5.98. The van der Waals surface area contributed by atoms with Gasteiger partial charge in [0.25, 0.3) is 0 Å². The van der Waals surface area contributed by atoms with Crippen LogP contribution in [0.25, 0.3) is 0 Å². The maximum Gasteiger partial charge on any atom is 0.243 e. The van der Waals surface area contributed by atoms with Gasteiger partial charge in [0.1, 0.15) is 5.82 Å². The summed E-state index contributed by atoms with van der Waals surface area (Å²) in [5.41, 5.74) is 6.12. The van der Waals surface area contributed by atoms with E-state index in [1.165, 1.54) is 11.2 Å². The van der Waals surface area contributed by atoms with Crippen LogP contribution in [0.3, 0.4) is 0 Å². The van der Waals surface area contributed by atoms with Crippen molar-refractivity contribution in [3.63, 3.8) is 0 Å². The van der Waals surface area contributed by atoms with E-state index in [1.54, 1.807) is 6.92 Å². The highest BCUT2D eigenvalue weighted by Crippen LogP contribution is 2.30. The molecule has 106 valence electrons. The van der Waals surface area contributed by atoms with Crippen LogP contribution >= 0.6 is 0 Å². The van der Waals surface area contributed by atoms with Crippen LogP contribution in [-0.2, 0) is 14.8 Å². The van der Waals surface area contributed by atoms with Gasteiger partial charge in [0.2, 0.25) is 10.0 Å². The fourth-order valence-electron chi connectivity index (χ4n) is 2.24. The number of anilines is 1. The van der Waals surface area contributed by atoms with Gasteiger partial charge in [0.15, 0.2) is 0 Å². The van der Waals surface area contributed by atoms with Crippen molar-refractivity contribution < 1.29 is 17.5 Å². The Morgan fingerprint density at radius 2 is 1.89 bits per heavy atom. The van der Waals surface area contributed by atoms with Crippen LogP contribution in [0.5, 0.6) is 0 Å². The van der Waals surface area contributed by atoms with Crippen molar-refractivity contribution >= 4 is 15.7 Å². The number of halogens is 1. The van der Waals surface area contributed by atoms with E-state index in [9.17, 15) is 12.8 Å². The lowest BCUT2D eigenvalue weighted by molar-refractivity contribution is 0.0730. The van der Waals surface area contributed by atoms with E-state index in [-0.39, 0.29) is 16.1 Å². The normalized spacial score (nSPS) is 17.6. The van der Waals surface area contributed by atoms with Crippen molar-refractivity contribution in [1.82, 2.24) is 4.31 Å². The predicted molar refractivity (Wildman–Crippen MR) is 69.9 cm³/mol. The van der Waals surface area contributed by atoms with Crippen molar-refractivity contribution in [1.29, 1.82) is 0 Å². The molecule has 2 N–H and O–H groups in total. The second-order valence-corrected chi connectivity index (χ2v) is 6.43. The molecular formula is C12H17FN2O3S. The molecule has 0 aromatic heterocycles. The summed E-state index contributed by atoms with van der Waals surface area (Å²) in [5.74, 6) is -0.587. The Balaban J connectivity index is 2.54. The minimum atomic E-state index is -3.66. The largest absolute Gasteiger partial charge is 0.396 e. The highest BCUT2D eigenvalue weighted by molar-refractivity contribution is 7.89. The fraction of sp³-hybridized carbons (Fsp3) is 0.500. The molecule has 1 aromatic rings. The molecule has 0 radical (unpaired) electrons. The van der Waals surface area contributed by atoms with E-state index >= 15 is 0 Å². The van der Waals surface area contributed by atoms with Crippen LogP contribution in [0.1, 0.15) is 11.1 Å². The van der Waals surface area contributed by atoms with Gasteiger partial charge in [-0.25, -0.2) is 12.8 Å². The lowest BCUT2D eigenvalue weighted by atomic mass is 10.1. The zero-order valence-electron chi connectivity index (χ0n) is 10.9. The Morgan fingerprint density at radius 1 is 1.32 bits per heavy atom. The number of sulfonamides is 1. The van der Waals surface area contributed by atoms with Gasteiger partial charge in [-0.15, -0.1) is 0 Å². The molecule has 0 bridgehead atoms. The molecule has 0 saturated carbocycles. The van der Waals surface area contributed by atoms with Gasteiger partial charge in [-0.05, 0) is 31.0 Å². The Kier molecular flexibility index (Phi) is 3.80. The van der Waals surface area contributed by atoms with Crippen LogP contribution in [-0.4, -0.2) is 39.0 Å².